The van der Waals surface area contributed by atoms with Crippen molar-refractivity contribution in [3.63, 3.8) is 0 Å². The van der Waals surface area contributed by atoms with E-state index in [0.717, 1.165) is 35.8 Å². The number of ether oxygens (including phenoxy) is 4. The van der Waals surface area contributed by atoms with E-state index >= 15 is 0 Å². The van der Waals surface area contributed by atoms with Crippen molar-refractivity contribution in [2.45, 2.75) is 19.8 Å². The van der Waals surface area contributed by atoms with Gasteiger partial charge in [-0.3, -0.25) is 0 Å². The van der Waals surface area contributed by atoms with E-state index in [2.05, 4.69) is 0 Å². The van der Waals surface area contributed by atoms with Gasteiger partial charge >= 0.3 is 0 Å². The molecule has 0 aliphatic heterocycles. The SMILES string of the molecule is CCOc1ccc(OCCCCOc2cccc(OC)c2)cc1. The minimum atomic E-state index is 0.666. The summed E-state index contributed by atoms with van der Waals surface area (Å²) in [5.74, 6) is 3.37. The lowest BCUT2D eigenvalue weighted by Gasteiger charge is -2.09. The fourth-order valence-corrected chi connectivity index (χ4v) is 2.07. The van der Waals surface area contributed by atoms with Gasteiger partial charge in [-0.15, -0.1) is 0 Å². The first-order valence-corrected chi connectivity index (χ1v) is 7.94. The summed E-state index contributed by atoms with van der Waals surface area (Å²) in [6, 6.07) is 15.3. The first-order chi connectivity index (χ1) is 11.3. The molecule has 0 amide bonds. The zero-order valence-corrected chi connectivity index (χ0v) is 13.8. The van der Waals surface area contributed by atoms with Crippen molar-refractivity contribution in [1.82, 2.24) is 0 Å². The van der Waals surface area contributed by atoms with Crippen LogP contribution in [0.4, 0.5) is 0 Å². The summed E-state index contributed by atoms with van der Waals surface area (Å²) in [7, 11) is 1.65. The van der Waals surface area contributed by atoms with Crippen molar-refractivity contribution in [1.29, 1.82) is 0 Å². The lowest BCUT2D eigenvalue weighted by molar-refractivity contribution is 0.265. The summed E-state index contributed by atoms with van der Waals surface area (Å²) in [4.78, 5) is 0. The Balaban J connectivity index is 1.60. The number of methoxy groups -OCH3 is 1. The number of hydrogen-bond acceptors (Lipinski definition) is 4. The van der Waals surface area contributed by atoms with E-state index in [-0.39, 0.29) is 0 Å². The highest BCUT2D eigenvalue weighted by molar-refractivity contribution is 5.33. The minimum absolute atomic E-state index is 0.666. The summed E-state index contributed by atoms with van der Waals surface area (Å²) in [5, 5.41) is 0. The zero-order chi connectivity index (χ0) is 16.3. The van der Waals surface area contributed by atoms with Crippen LogP contribution in [0.2, 0.25) is 0 Å². The second-order valence-electron chi connectivity index (χ2n) is 4.99. The van der Waals surface area contributed by atoms with Gasteiger partial charge < -0.3 is 18.9 Å². The first-order valence-electron chi connectivity index (χ1n) is 7.94. The molecule has 4 heteroatoms. The van der Waals surface area contributed by atoms with E-state index in [0.29, 0.717) is 19.8 Å². The highest BCUT2D eigenvalue weighted by Crippen LogP contribution is 2.19. The molecule has 0 fully saturated rings. The Hall–Kier alpha value is -2.36. The van der Waals surface area contributed by atoms with Crippen molar-refractivity contribution in [2.24, 2.45) is 0 Å². The standard InChI is InChI=1S/C19H24O4/c1-3-21-16-9-11-17(12-10-16)22-13-4-5-14-23-19-8-6-7-18(15-19)20-2/h6-12,15H,3-5,13-14H2,1-2H3. The molecule has 124 valence electrons. The Morgan fingerprint density at radius 2 is 1.26 bits per heavy atom. The zero-order valence-electron chi connectivity index (χ0n) is 13.8. The van der Waals surface area contributed by atoms with Crippen LogP contribution in [-0.2, 0) is 0 Å². The Labute approximate surface area is 137 Å². The van der Waals surface area contributed by atoms with Crippen LogP contribution in [-0.4, -0.2) is 26.9 Å². The van der Waals surface area contributed by atoms with E-state index < -0.39 is 0 Å². The van der Waals surface area contributed by atoms with Crippen LogP contribution in [0, 0.1) is 0 Å². The number of hydrogen-bond donors (Lipinski definition) is 0. The molecule has 0 saturated heterocycles. The minimum Gasteiger partial charge on any atom is -0.497 e. The average Bonchev–Trinajstić information content (AvgIpc) is 2.60. The first kappa shape index (κ1) is 17.0. The van der Waals surface area contributed by atoms with Crippen LogP contribution in [0.3, 0.4) is 0 Å². The maximum atomic E-state index is 5.70. The molecule has 0 radical (unpaired) electrons. The van der Waals surface area contributed by atoms with Crippen LogP contribution >= 0.6 is 0 Å². The third-order valence-electron chi connectivity index (χ3n) is 3.25. The molecular weight excluding hydrogens is 292 g/mol. The maximum Gasteiger partial charge on any atom is 0.122 e. The summed E-state index contributed by atoms with van der Waals surface area (Å²) < 4.78 is 21.9. The van der Waals surface area contributed by atoms with Gasteiger partial charge in [0.05, 0.1) is 26.9 Å². The molecule has 0 bridgehead atoms. The quantitative estimate of drug-likeness (QED) is 0.611. The monoisotopic (exact) mass is 316 g/mol. The van der Waals surface area contributed by atoms with Crippen LogP contribution in [0.15, 0.2) is 48.5 Å². The van der Waals surface area contributed by atoms with Crippen molar-refractivity contribution in [3.8, 4) is 23.0 Å². The van der Waals surface area contributed by atoms with E-state index in [1.165, 1.54) is 0 Å². The number of benzene rings is 2. The van der Waals surface area contributed by atoms with Crippen LogP contribution < -0.4 is 18.9 Å². The van der Waals surface area contributed by atoms with E-state index in [9.17, 15) is 0 Å². The lowest BCUT2D eigenvalue weighted by atomic mass is 10.3. The second-order valence-corrected chi connectivity index (χ2v) is 4.99. The van der Waals surface area contributed by atoms with Crippen LogP contribution in [0.25, 0.3) is 0 Å². The average molecular weight is 316 g/mol. The molecule has 0 N–H and O–H groups in total. The normalized spacial score (nSPS) is 10.2. The number of rotatable bonds is 10. The van der Waals surface area contributed by atoms with Crippen molar-refractivity contribution in [3.05, 3.63) is 48.5 Å². The molecule has 0 spiro atoms. The van der Waals surface area contributed by atoms with Gasteiger partial charge in [0, 0.05) is 6.07 Å². The predicted molar refractivity (Wildman–Crippen MR) is 90.8 cm³/mol. The van der Waals surface area contributed by atoms with E-state index in [4.69, 9.17) is 18.9 Å². The molecule has 2 aromatic rings. The van der Waals surface area contributed by atoms with Gasteiger partial charge in [-0.2, -0.15) is 0 Å². The van der Waals surface area contributed by atoms with Gasteiger partial charge in [-0.25, -0.2) is 0 Å². The van der Waals surface area contributed by atoms with Gasteiger partial charge in [-0.1, -0.05) is 6.07 Å². The van der Waals surface area contributed by atoms with E-state index in [1.54, 1.807) is 7.11 Å². The fraction of sp³-hybridized carbons (Fsp3) is 0.368. The molecular formula is C19H24O4. The Morgan fingerprint density at radius 3 is 1.87 bits per heavy atom. The molecule has 23 heavy (non-hydrogen) atoms. The summed E-state index contributed by atoms with van der Waals surface area (Å²) in [5.41, 5.74) is 0. The fourth-order valence-electron chi connectivity index (χ4n) is 2.07. The van der Waals surface area contributed by atoms with Gasteiger partial charge in [0.1, 0.15) is 23.0 Å². The largest absolute Gasteiger partial charge is 0.497 e. The molecule has 0 aliphatic rings. The molecule has 0 atom stereocenters. The molecule has 2 rings (SSSR count). The van der Waals surface area contributed by atoms with Gasteiger partial charge in [-0.05, 0) is 56.2 Å². The maximum absolute atomic E-state index is 5.70. The summed E-state index contributed by atoms with van der Waals surface area (Å²) >= 11 is 0. The highest BCUT2D eigenvalue weighted by atomic mass is 16.5. The second kappa shape index (κ2) is 9.62. The Kier molecular flexibility index (Phi) is 7.11. The molecule has 4 nitrogen and oxygen atoms in total. The summed E-state index contributed by atoms with van der Waals surface area (Å²) in [6.45, 7) is 3.99. The third kappa shape index (κ3) is 6.10. The smallest absolute Gasteiger partial charge is 0.122 e. The van der Waals surface area contributed by atoms with Crippen molar-refractivity contribution < 1.29 is 18.9 Å². The summed E-state index contributed by atoms with van der Waals surface area (Å²) in [6.07, 6.45) is 1.88. The van der Waals surface area contributed by atoms with E-state index in [1.807, 2.05) is 55.5 Å². The molecule has 2 aromatic carbocycles. The molecule has 0 heterocycles. The number of unbranched alkanes of at least 4 members (excludes halogenated alkanes) is 1. The molecule has 0 aromatic heterocycles. The molecule has 0 unspecified atom stereocenters. The Bertz CT molecular complexity index is 566. The lowest BCUT2D eigenvalue weighted by Crippen LogP contribution is -2.02. The molecule has 0 saturated carbocycles. The third-order valence-corrected chi connectivity index (χ3v) is 3.25. The van der Waals surface area contributed by atoms with Crippen LogP contribution in [0.1, 0.15) is 19.8 Å². The van der Waals surface area contributed by atoms with Gasteiger partial charge in [0.15, 0.2) is 0 Å². The van der Waals surface area contributed by atoms with Gasteiger partial charge in [0.2, 0.25) is 0 Å². The predicted octanol–water partition coefficient (Wildman–Crippen LogP) is 4.33. The van der Waals surface area contributed by atoms with Crippen molar-refractivity contribution in [2.75, 3.05) is 26.9 Å². The molecule has 0 aliphatic carbocycles. The Morgan fingerprint density at radius 1 is 0.696 bits per heavy atom. The van der Waals surface area contributed by atoms with Crippen LogP contribution in [0.5, 0.6) is 23.0 Å². The van der Waals surface area contributed by atoms with Gasteiger partial charge in [0.25, 0.3) is 0 Å². The van der Waals surface area contributed by atoms with Crippen molar-refractivity contribution >= 4 is 0 Å². The topological polar surface area (TPSA) is 36.9 Å². The highest BCUT2D eigenvalue weighted by Gasteiger charge is 1.98.